The largest absolute Gasteiger partial charge is 0.396 e. The fourth-order valence-corrected chi connectivity index (χ4v) is 1.90. The summed E-state index contributed by atoms with van der Waals surface area (Å²) in [6.45, 7) is -0.0315. The Bertz CT molecular complexity index is 697. The number of H-pyrrole nitrogens is 1. The fourth-order valence-electron chi connectivity index (χ4n) is 1.90. The third kappa shape index (κ3) is 2.42. The van der Waals surface area contributed by atoms with E-state index in [-0.39, 0.29) is 42.1 Å². The van der Waals surface area contributed by atoms with Crippen LogP contribution < -0.4 is 11.3 Å². The Morgan fingerprint density at radius 2 is 2.37 bits per heavy atom. The highest BCUT2D eigenvalue weighted by molar-refractivity contribution is 5.83. The highest BCUT2D eigenvalue weighted by atomic mass is 16.3. The first-order valence-electron chi connectivity index (χ1n) is 5.64. The molecule has 0 radical (unpaired) electrons. The molecule has 0 aliphatic rings. The van der Waals surface area contributed by atoms with E-state index in [0.29, 0.717) is 0 Å². The van der Waals surface area contributed by atoms with Crippen LogP contribution in [0.3, 0.4) is 0 Å². The molecule has 8 nitrogen and oxygen atoms in total. The molecule has 0 amide bonds. The lowest BCUT2D eigenvalue weighted by atomic mass is 10.2. The molecule has 0 saturated heterocycles. The van der Waals surface area contributed by atoms with E-state index in [2.05, 4.69) is 9.97 Å². The first-order valence-corrected chi connectivity index (χ1v) is 5.64. The van der Waals surface area contributed by atoms with E-state index in [1.54, 1.807) is 0 Å². The molecule has 0 fully saturated rings. The molecule has 2 heterocycles. The number of hydrogen-bond donors (Lipinski definition) is 4. The Hall–Kier alpha value is -2.37. The minimum atomic E-state index is -0.797. The van der Waals surface area contributed by atoms with E-state index in [0.717, 1.165) is 0 Å². The van der Waals surface area contributed by atoms with Gasteiger partial charge in [-0.1, -0.05) is 0 Å². The van der Waals surface area contributed by atoms with Crippen LogP contribution in [0.25, 0.3) is 11.0 Å². The Kier molecular flexibility index (Phi) is 3.50. The van der Waals surface area contributed by atoms with Crippen LogP contribution in [-0.4, -0.2) is 37.5 Å². The summed E-state index contributed by atoms with van der Waals surface area (Å²) < 4.78 is 1.49. The van der Waals surface area contributed by atoms with Crippen molar-refractivity contribution in [3.8, 4) is 6.07 Å². The van der Waals surface area contributed by atoms with Crippen LogP contribution in [0.4, 0.5) is 5.95 Å². The number of nitrogen functional groups attached to an aromatic ring is 1. The molecule has 2 aromatic rings. The molecule has 100 valence electrons. The first kappa shape index (κ1) is 13.1. The number of rotatable bonds is 4. The summed E-state index contributed by atoms with van der Waals surface area (Å²) >= 11 is 0. The van der Waals surface area contributed by atoms with E-state index in [1.165, 1.54) is 10.8 Å². The van der Waals surface area contributed by atoms with E-state index in [9.17, 15) is 9.90 Å². The van der Waals surface area contributed by atoms with Crippen LogP contribution in [0.5, 0.6) is 0 Å². The lowest BCUT2D eigenvalue weighted by molar-refractivity contribution is 0.118. The third-order valence-corrected chi connectivity index (χ3v) is 2.74. The topological polar surface area (TPSA) is 141 Å². The number of nitrogens with zero attached hydrogens (tertiary/aromatic N) is 3. The number of nitriles is 1. The second kappa shape index (κ2) is 5.09. The highest BCUT2D eigenvalue weighted by Gasteiger charge is 2.16. The van der Waals surface area contributed by atoms with Gasteiger partial charge in [-0.15, -0.1) is 0 Å². The van der Waals surface area contributed by atoms with Gasteiger partial charge in [0.05, 0.1) is 18.2 Å². The Morgan fingerprint density at radius 1 is 1.63 bits per heavy atom. The second-order valence-electron chi connectivity index (χ2n) is 4.12. The number of aromatic amines is 1. The van der Waals surface area contributed by atoms with Crippen molar-refractivity contribution in [2.75, 3.05) is 12.3 Å². The van der Waals surface area contributed by atoms with E-state index in [1.807, 2.05) is 6.07 Å². The van der Waals surface area contributed by atoms with Gasteiger partial charge < -0.3 is 20.5 Å². The molecular weight excluding hydrogens is 250 g/mol. The molecule has 0 aromatic carbocycles. The molecule has 0 unspecified atom stereocenters. The maximum Gasteiger partial charge on any atom is 0.263 e. The van der Waals surface area contributed by atoms with Crippen molar-refractivity contribution in [2.45, 2.75) is 19.1 Å². The number of nitrogens with one attached hydrogen (secondary N) is 1. The van der Waals surface area contributed by atoms with E-state index < -0.39 is 11.7 Å². The molecule has 0 saturated carbocycles. The van der Waals surface area contributed by atoms with Gasteiger partial charge in [-0.05, 0) is 6.42 Å². The molecule has 8 heteroatoms. The molecule has 0 aliphatic heterocycles. The van der Waals surface area contributed by atoms with Crippen LogP contribution in [0.1, 0.15) is 12.0 Å². The molecule has 1 atom stereocenters. The minimum absolute atomic E-state index is 0.0574. The summed E-state index contributed by atoms with van der Waals surface area (Å²) in [4.78, 5) is 18.1. The maximum atomic E-state index is 11.8. The van der Waals surface area contributed by atoms with Crippen LogP contribution in [0.2, 0.25) is 0 Å². The number of anilines is 1. The summed E-state index contributed by atoms with van der Waals surface area (Å²) in [5, 5.41) is 27.6. The van der Waals surface area contributed by atoms with Gasteiger partial charge in [-0.3, -0.25) is 9.78 Å². The van der Waals surface area contributed by atoms with Gasteiger partial charge >= 0.3 is 0 Å². The molecule has 2 rings (SSSR count). The summed E-state index contributed by atoms with van der Waals surface area (Å²) in [7, 11) is 0. The zero-order valence-electron chi connectivity index (χ0n) is 10.00. The van der Waals surface area contributed by atoms with Crippen molar-refractivity contribution >= 4 is 17.0 Å². The molecule has 5 N–H and O–H groups in total. The van der Waals surface area contributed by atoms with Crippen molar-refractivity contribution in [3.63, 3.8) is 0 Å². The van der Waals surface area contributed by atoms with Crippen LogP contribution >= 0.6 is 0 Å². The lowest BCUT2D eigenvalue weighted by Gasteiger charge is -2.10. The van der Waals surface area contributed by atoms with Crippen molar-refractivity contribution < 1.29 is 10.2 Å². The number of aromatic nitrogens is 3. The van der Waals surface area contributed by atoms with Gasteiger partial charge in [0.15, 0.2) is 5.65 Å². The van der Waals surface area contributed by atoms with Crippen molar-refractivity contribution in [1.82, 2.24) is 14.5 Å². The molecule has 0 spiro atoms. The van der Waals surface area contributed by atoms with Gasteiger partial charge in [0, 0.05) is 12.8 Å². The lowest BCUT2D eigenvalue weighted by Crippen LogP contribution is -2.18. The SMILES string of the molecule is N#Cc1cn(C[C@@H](O)CCO)c2nc(N)[nH]c(=O)c12. The smallest absolute Gasteiger partial charge is 0.263 e. The van der Waals surface area contributed by atoms with Crippen molar-refractivity contribution in [3.05, 3.63) is 22.1 Å². The zero-order chi connectivity index (χ0) is 14.0. The van der Waals surface area contributed by atoms with Gasteiger partial charge in [-0.2, -0.15) is 10.2 Å². The average molecular weight is 263 g/mol. The van der Waals surface area contributed by atoms with E-state index >= 15 is 0 Å². The fraction of sp³-hybridized carbons (Fsp3) is 0.364. The number of nitrogens with two attached hydrogens (primary N) is 1. The van der Waals surface area contributed by atoms with Gasteiger partial charge in [0.2, 0.25) is 5.95 Å². The normalized spacial score (nSPS) is 12.5. The summed E-state index contributed by atoms with van der Waals surface area (Å²) in [5.74, 6) is -0.0574. The predicted octanol–water partition coefficient (Wildman–Crippen LogP) is -1.08. The molecular formula is C11H13N5O3. The third-order valence-electron chi connectivity index (χ3n) is 2.74. The van der Waals surface area contributed by atoms with Gasteiger partial charge in [0.25, 0.3) is 5.56 Å². The summed E-state index contributed by atoms with van der Waals surface area (Å²) in [5.41, 5.74) is 5.39. The Morgan fingerprint density at radius 3 is 3.00 bits per heavy atom. The van der Waals surface area contributed by atoms with Crippen LogP contribution in [0.15, 0.2) is 11.0 Å². The zero-order valence-corrected chi connectivity index (χ0v) is 10.00. The molecule has 19 heavy (non-hydrogen) atoms. The average Bonchev–Trinajstić information content (AvgIpc) is 2.68. The predicted molar refractivity (Wildman–Crippen MR) is 67.2 cm³/mol. The quantitative estimate of drug-likeness (QED) is 0.553. The summed E-state index contributed by atoms with van der Waals surface area (Å²) in [6.07, 6.45) is 0.835. The minimum Gasteiger partial charge on any atom is -0.396 e. The molecule has 2 aromatic heterocycles. The van der Waals surface area contributed by atoms with Gasteiger partial charge in [-0.25, -0.2) is 0 Å². The van der Waals surface area contributed by atoms with E-state index in [4.69, 9.17) is 16.1 Å². The number of aliphatic hydroxyl groups excluding tert-OH is 2. The standard InChI is InChI=1S/C11H13N5O3/c12-3-6-4-16(5-7(18)1-2-17)9-8(6)10(19)15-11(13)14-9/h4,7,17-18H,1-2,5H2,(H3,13,14,15,19)/t7-/m0/s1. The monoisotopic (exact) mass is 263 g/mol. The molecule has 0 aliphatic carbocycles. The number of aliphatic hydroxyl groups is 2. The Balaban J connectivity index is 2.56. The van der Waals surface area contributed by atoms with Crippen molar-refractivity contribution in [1.29, 1.82) is 5.26 Å². The van der Waals surface area contributed by atoms with Gasteiger partial charge in [0.1, 0.15) is 11.5 Å². The first-order chi connectivity index (χ1) is 9.06. The summed E-state index contributed by atoms with van der Waals surface area (Å²) in [6, 6.07) is 1.90. The molecule has 0 bridgehead atoms. The maximum absolute atomic E-state index is 11.8. The second-order valence-corrected chi connectivity index (χ2v) is 4.12. The number of fused-ring (bicyclic) bond motifs is 1. The van der Waals surface area contributed by atoms with Crippen LogP contribution in [0, 0.1) is 11.3 Å². The highest BCUT2D eigenvalue weighted by Crippen LogP contribution is 2.16. The van der Waals surface area contributed by atoms with Crippen LogP contribution in [-0.2, 0) is 6.54 Å². The number of hydrogen-bond acceptors (Lipinski definition) is 6. The van der Waals surface area contributed by atoms with Crippen molar-refractivity contribution in [2.24, 2.45) is 0 Å². The Labute approximate surface area is 107 Å².